The van der Waals surface area contributed by atoms with Crippen molar-refractivity contribution in [3.05, 3.63) is 77.5 Å². The van der Waals surface area contributed by atoms with Gasteiger partial charge < -0.3 is 5.32 Å². The molecule has 0 saturated carbocycles. The Labute approximate surface area is 170 Å². The van der Waals surface area contributed by atoms with Gasteiger partial charge in [0, 0.05) is 43.5 Å². The van der Waals surface area contributed by atoms with Gasteiger partial charge in [0.25, 0.3) is 0 Å². The largest absolute Gasteiger partial charge is 0.352 e. The number of hydrogen-bond acceptors (Lipinski definition) is 4. The Hall–Kier alpha value is -3.28. The van der Waals surface area contributed by atoms with E-state index in [-0.39, 0.29) is 24.5 Å². The summed E-state index contributed by atoms with van der Waals surface area (Å²) in [6.45, 7) is 0.392. The maximum atomic E-state index is 12.5. The molecule has 0 bridgehead atoms. The molecule has 1 N–H and O–H groups in total. The van der Waals surface area contributed by atoms with E-state index in [1.165, 1.54) is 24.0 Å². The predicted molar refractivity (Wildman–Crippen MR) is 110 cm³/mol. The fourth-order valence-electron chi connectivity index (χ4n) is 3.64. The van der Waals surface area contributed by atoms with Gasteiger partial charge in [0.1, 0.15) is 12.1 Å². The van der Waals surface area contributed by atoms with E-state index in [1.54, 1.807) is 18.7 Å². The third-order valence-corrected chi connectivity index (χ3v) is 5.32. The highest BCUT2D eigenvalue weighted by Gasteiger charge is 2.14. The van der Waals surface area contributed by atoms with Gasteiger partial charge in [-0.05, 0) is 54.5 Å². The molecule has 2 heterocycles. The van der Waals surface area contributed by atoms with Gasteiger partial charge in [-0.1, -0.05) is 18.2 Å². The average molecular weight is 388 g/mol. The van der Waals surface area contributed by atoms with Crippen LogP contribution in [0.5, 0.6) is 0 Å². The molecule has 2 aromatic heterocycles. The number of ketones is 1. The molecule has 3 aromatic rings. The maximum absolute atomic E-state index is 12.5. The molecule has 6 nitrogen and oxygen atoms in total. The van der Waals surface area contributed by atoms with E-state index in [0.717, 1.165) is 29.8 Å². The molecule has 0 unspecified atom stereocenters. The van der Waals surface area contributed by atoms with E-state index in [1.807, 2.05) is 35.0 Å². The van der Waals surface area contributed by atoms with Crippen molar-refractivity contribution in [2.75, 3.05) is 0 Å². The van der Waals surface area contributed by atoms with Gasteiger partial charge >= 0.3 is 0 Å². The van der Waals surface area contributed by atoms with E-state index in [2.05, 4.69) is 21.4 Å². The summed E-state index contributed by atoms with van der Waals surface area (Å²) in [5.74, 6) is 0.670. The summed E-state index contributed by atoms with van der Waals surface area (Å²) >= 11 is 0. The lowest BCUT2D eigenvalue weighted by Gasteiger charge is -2.16. The first-order valence-electron chi connectivity index (χ1n) is 10.0. The van der Waals surface area contributed by atoms with Crippen LogP contribution in [0.1, 0.15) is 52.7 Å². The number of fused-ring (bicyclic) bond motifs is 1. The topological polar surface area (TPSA) is 76.9 Å². The molecular formula is C23H24N4O2. The molecule has 0 aliphatic heterocycles. The Morgan fingerprint density at radius 2 is 1.90 bits per heavy atom. The van der Waals surface area contributed by atoms with Gasteiger partial charge in [-0.15, -0.1) is 0 Å². The quantitative estimate of drug-likeness (QED) is 0.629. The van der Waals surface area contributed by atoms with Crippen LogP contribution in [0.2, 0.25) is 0 Å². The van der Waals surface area contributed by atoms with Crippen LogP contribution in [0.25, 0.3) is 5.82 Å². The highest BCUT2D eigenvalue weighted by atomic mass is 16.2. The molecule has 0 saturated heterocycles. The summed E-state index contributed by atoms with van der Waals surface area (Å²) in [6, 6.07) is 9.78. The number of Topliss-reactive ketones (excluding diaryl/α,β-unsaturated/α-hetero) is 1. The third-order valence-electron chi connectivity index (χ3n) is 5.32. The van der Waals surface area contributed by atoms with Gasteiger partial charge in [-0.2, -0.15) is 0 Å². The molecule has 6 heteroatoms. The highest BCUT2D eigenvalue weighted by Crippen LogP contribution is 2.23. The van der Waals surface area contributed by atoms with Crippen molar-refractivity contribution in [2.24, 2.45) is 0 Å². The molecule has 148 valence electrons. The number of imidazole rings is 1. The monoisotopic (exact) mass is 388 g/mol. The van der Waals surface area contributed by atoms with Crippen LogP contribution in [0.3, 0.4) is 0 Å². The zero-order valence-electron chi connectivity index (χ0n) is 16.3. The maximum Gasteiger partial charge on any atom is 0.220 e. The van der Waals surface area contributed by atoms with E-state index in [4.69, 9.17) is 0 Å². The highest BCUT2D eigenvalue weighted by molar-refractivity contribution is 5.98. The summed E-state index contributed by atoms with van der Waals surface area (Å²) in [5.41, 5.74) is 4.28. The molecular weight excluding hydrogens is 364 g/mol. The second-order valence-corrected chi connectivity index (χ2v) is 7.39. The van der Waals surface area contributed by atoms with Crippen molar-refractivity contribution < 1.29 is 9.59 Å². The van der Waals surface area contributed by atoms with Crippen LogP contribution in [0.4, 0.5) is 0 Å². The smallest absolute Gasteiger partial charge is 0.220 e. The van der Waals surface area contributed by atoms with Crippen LogP contribution in [-0.4, -0.2) is 26.2 Å². The lowest BCUT2D eigenvalue weighted by molar-refractivity contribution is -0.121. The molecule has 0 atom stereocenters. The average Bonchev–Trinajstić information content (AvgIpc) is 3.31. The minimum Gasteiger partial charge on any atom is -0.352 e. The van der Waals surface area contributed by atoms with Crippen LogP contribution in [0, 0.1) is 0 Å². The third kappa shape index (κ3) is 4.77. The fourth-order valence-corrected chi connectivity index (χ4v) is 3.64. The summed E-state index contributed by atoms with van der Waals surface area (Å²) in [4.78, 5) is 33.0. The first-order chi connectivity index (χ1) is 14.2. The van der Waals surface area contributed by atoms with Crippen molar-refractivity contribution in [3.8, 4) is 5.82 Å². The number of carbonyl (C=O) groups excluding carboxylic acids is 2. The van der Waals surface area contributed by atoms with Gasteiger partial charge in [-0.3, -0.25) is 14.2 Å². The Bertz CT molecular complexity index is 994. The Balaban J connectivity index is 1.25. The number of pyridine rings is 1. The summed E-state index contributed by atoms with van der Waals surface area (Å²) in [7, 11) is 0. The molecule has 29 heavy (non-hydrogen) atoms. The van der Waals surface area contributed by atoms with Gasteiger partial charge in [0.05, 0.1) is 0 Å². The van der Waals surface area contributed by atoms with Crippen molar-refractivity contribution in [2.45, 2.75) is 45.1 Å². The first-order valence-corrected chi connectivity index (χ1v) is 10.0. The minimum atomic E-state index is -0.130. The Morgan fingerprint density at radius 1 is 1.03 bits per heavy atom. The van der Waals surface area contributed by atoms with E-state index < -0.39 is 0 Å². The second-order valence-electron chi connectivity index (χ2n) is 7.39. The van der Waals surface area contributed by atoms with Crippen LogP contribution in [0.15, 0.2) is 55.2 Å². The molecule has 0 radical (unpaired) electrons. The van der Waals surface area contributed by atoms with Crippen molar-refractivity contribution >= 4 is 11.7 Å². The molecule has 4 rings (SSSR count). The summed E-state index contributed by atoms with van der Waals surface area (Å²) in [6.07, 6.45) is 11.9. The Morgan fingerprint density at radius 3 is 2.66 bits per heavy atom. The van der Waals surface area contributed by atoms with Gasteiger partial charge in [0.15, 0.2) is 5.78 Å². The van der Waals surface area contributed by atoms with Crippen molar-refractivity contribution in [1.82, 2.24) is 19.9 Å². The predicted octanol–water partition coefficient (Wildman–Crippen LogP) is 3.43. The fraction of sp³-hybridized carbons (Fsp3) is 0.304. The number of carbonyl (C=O) groups is 2. The van der Waals surface area contributed by atoms with Crippen LogP contribution < -0.4 is 5.32 Å². The van der Waals surface area contributed by atoms with Gasteiger partial charge in [-0.25, -0.2) is 9.97 Å². The lowest BCUT2D eigenvalue weighted by atomic mass is 9.89. The normalized spacial score (nSPS) is 13.0. The molecule has 1 aromatic carbocycles. The lowest BCUT2D eigenvalue weighted by Crippen LogP contribution is -2.23. The summed E-state index contributed by atoms with van der Waals surface area (Å²) < 4.78 is 1.81. The first kappa shape index (κ1) is 19.1. The van der Waals surface area contributed by atoms with Crippen LogP contribution in [-0.2, 0) is 24.2 Å². The standard InChI is InChI=1S/C23H24N4O2/c28-21(20-7-6-18-3-1-2-4-19(18)13-20)8-10-23(29)26-15-17-5-9-22(25-14-17)27-12-11-24-16-27/h5-7,9,11-14,16H,1-4,8,10,15H2,(H,26,29). The van der Waals surface area contributed by atoms with Crippen LogP contribution >= 0.6 is 0 Å². The molecule has 0 fully saturated rings. The van der Waals surface area contributed by atoms with Gasteiger partial charge in [0.2, 0.25) is 5.91 Å². The van der Waals surface area contributed by atoms with E-state index >= 15 is 0 Å². The second kappa shape index (κ2) is 8.82. The zero-order chi connectivity index (χ0) is 20.1. The van der Waals surface area contributed by atoms with Crippen molar-refractivity contribution in [3.63, 3.8) is 0 Å². The zero-order valence-corrected chi connectivity index (χ0v) is 16.3. The number of rotatable bonds is 7. The minimum absolute atomic E-state index is 0.0277. The molecule has 0 spiro atoms. The molecule has 1 aliphatic rings. The SMILES string of the molecule is O=C(CCC(=O)c1ccc2c(c1)CCCC2)NCc1ccc(-n2ccnc2)nc1. The number of hydrogen-bond donors (Lipinski definition) is 1. The summed E-state index contributed by atoms with van der Waals surface area (Å²) in [5, 5.41) is 2.86. The molecule has 1 aliphatic carbocycles. The molecule has 1 amide bonds. The number of aromatic nitrogens is 3. The number of amides is 1. The van der Waals surface area contributed by atoms with E-state index in [9.17, 15) is 9.59 Å². The number of aryl methyl sites for hydroxylation is 2. The Kier molecular flexibility index (Phi) is 5.79. The number of nitrogens with one attached hydrogen (secondary N) is 1. The number of benzene rings is 1. The number of nitrogens with zero attached hydrogens (tertiary/aromatic N) is 3. The van der Waals surface area contributed by atoms with Crippen molar-refractivity contribution in [1.29, 1.82) is 0 Å². The van der Waals surface area contributed by atoms with E-state index in [0.29, 0.717) is 6.54 Å².